The van der Waals surface area contributed by atoms with Crippen LogP contribution < -0.4 is 4.74 Å². The van der Waals surface area contributed by atoms with Crippen LogP contribution in [-0.4, -0.2) is 41.2 Å². The highest BCUT2D eigenvalue weighted by Crippen LogP contribution is 2.30. The molecule has 8 heteroatoms. The van der Waals surface area contributed by atoms with Gasteiger partial charge < -0.3 is 4.74 Å². The molecule has 3 heterocycles. The number of rotatable bonds is 5. The molecule has 3 aromatic heterocycles. The van der Waals surface area contributed by atoms with Gasteiger partial charge in [0.25, 0.3) is 0 Å². The van der Waals surface area contributed by atoms with Crippen molar-refractivity contribution in [3.8, 4) is 34.2 Å². The molecule has 0 aliphatic carbocycles. The van der Waals surface area contributed by atoms with Crippen molar-refractivity contribution in [1.29, 1.82) is 0 Å². The summed E-state index contributed by atoms with van der Waals surface area (Å²) in [6, 6.07) is 15.9. The Labute approximate surface area is 166 Å². The molecule has 0 radical (unpaired) electrons. The van der Waals surface area contributed by atoms with E-state index in [1.54, 1.807) is 32.2 Å². The van der Waals surface area contributed by atoms with E-state index in [-0.39, 0.29) is 0 Å². The summed E-state index contributed by atoms with van der Waals surface area (Å²) in [4.78, 5) is 4.60. The lowest BCUT2D eigenvalue weighted by molar-refractivity contribution is 0.413. The summed E-state index contributed by atoms with van der Waals surface area (Å²) in [5.41, 5.74) is 3.73. The first-order valence-corrected chi connectivity index (χ1v) is 9.01. The molecule has 5 aromatic rings. The molecule has 0 aliphatic rings. The standard InChI is InChI=1S/C21H17N7O/c1-29-20-7-6-17(26-14-23-24-15-26)13-19(20)27-11-9-22-21(27)16-4-2-5-18(12-16)28-10-3-8-25-28/h2-15H,1H3. The highest BCUT2D eigenvalue weighted by atomic mass is 16.5. The molecular formula is C21H17N7O. The number of aromatic nitrogens is 7. The van der Waals surface area contributed by atoms with Gasteiger partial charge in [-0.2, -0.15) is 5.10 Å². The van der Waals surface area contributed by atoms with E-state index in [2.05, 4.69) is 26.3 Å². The van der Waals surface area contributed by atoms with Crippen molar-refractivity contribution in [2.45, 2.75) is 0 Å². The maximum Gasteiger partial charge on any atom is 0.144 e. The van der Waals surface area contributed by atoms with Crippen molar-refractivity contribution >= 4 is 0 Å². The van der Waals surface area contributed by atoms with Crippen LogP contribution in [0.4, 0.5) is 0 Å². The van der Waals surface area contributed by atoms with Gasteiger partial charge in [-0.1, -0.05) is 12.1 Å². The van der Waals surface area contributed by atoms with Gasteiger partial charge in [-0.05, 0) is 36.4 Å². The van der Waals surface area contributed by atoms with Gasteiger partial charge in [0.15, 0.2) is 0 Å². The Balaban J connectivity index is 1.63. The lowest BCUT2D eigenvalue weighted by Crippen LogP contribution is -2.02. The minimum atomic E-state index is 0.740. The van der Waals surface area contributed by atoms with Crippen molar-refractivity contribution in [1.82, 2.24) is 34.1 Å². The minimum Gasteiger partial charge on any atom is -0.495 e. The molecule has 0 saturated heterocycles. The predicted octanol–water partition coefficient (Wildman–Crippen LogP) is 3.31. The van der Waals surface area contributed by atoms with Crippen LogP contribution in [0, 0.1) is 0 Å². The van der Waals surface area contributed by atoms with Crippen LogP contribution >= 0.6 is 0 Å². The third-order valence-electron chi connectivity index (χ3n) is 4.65. The van der Waals surface area contributed by atoms with Crippen molar-refractivity contribution in [3.63, 3.8) is 0 Å². The molecule has 0 spiro atoms. The molecule has 0 N–H and O–H groups in total. The highest BCUT2D eigenvalue weighted by Gasteiger charge is 2.14. The van der Waals surface area contributed by atoms with Crippen LogP contribution in [0.5, 0.6) is 5.75 Å². The van der Waals surface area contributed by atoms with Crippen molar-refractivity contribution in [2.24, 2.45) is 0 Å². The van der Waals surface area contributed by atoms with Crippen molar-refractivity contribution < 1.29 is 4.74 Å². The Hall–Kier alpha value is -4.20. The van der Waals surface area contributed by atoms with E-state index in [1.165, 1.54) is 0 Å². The molecular weight excluding hydrogens is 366 g/mol. The summed E-state index contributed by atoms with van der Waals surface area (Å²) in [6.45, 7) is 0. The summed E-state index contributed by atoms with van der Waals surface area (Å²) >= 11 is 0. The minimum absolute atomic E-state index is 0.740. The topological polar surface area (TPSA) is 75.6 Å². The average Bonchev–Trinajstić information content (AvgIpc) is 3.55. The maximum absolute atomic E-state index is 5.61. The van der Waals surface area contributed by atoms with Gasteiger partial charge in [0.2, 0.25) is 0 Å². The van der Waals surface area contributed by atoms with E-state index < -0.39 is 0 Å². The van der Waals surface area contributed by atoms with Crippen LogP contribution in [0.3, 0.4) is 0 Å². The number of hydrogen-bond donors (Lipinski definition) is 0. The van der Waals surface area contributed by atoms with Crippen molar-refractivity contribution in [3.05, 3.63) is 86.0 Å². The SMILES string of the molecule is COc1ccc(-n2cnnc2)cc1-n1ccnc1-c1cccc(-n2cccn2)c1. The van der Waals surface area contributed by atoms with Gasteiger partial charge in [-0.3, -0.25) is 9.13 Å². The second-order valence-electron chi connectivity index (χ2n) is 6.35. The number of nitrogens with zero attached hydrogens (tertiary/aromatic N) is 7. The summed E-state index contributed by atoms with van der Waals surface area (Å²) in [5, 5.41) is 12.1. The van der Waals surface area contributed by atoms with E-state index in [4.69, 9.17) is 4.74 Å². The largest absolute Gasteiger partial charge is 0.495 e. The second-order valence-corrected chi connectivity index (χ2v) is 6.35. The lowest BCUT2D eigenvalue weighted by Gasteiger charge is -2.14. The molecule has 0 bridgehead atoms. The molecule has 5 rings (SSSR count). The Morgan fingerprint density at radius 3 is 2.55 bits per heavy atom. The fraction of sp³-hybridized carbons (Fsp3) is 0.0476. The Kier molecular flexibility index (Phi) is 4.14. The summed E-state index contributed by atoms with van der Waals surface area (Å²) in [7, 11) is 1.66. The summed E-state index contributed by atoms with van der Waals surface area (Å²) in [6.07, 6.45) is 10.7. The fourth-order valence-corrected chi connectivity index (χ4v) is 3.28. The number of imidazole rings is 1. The monoisotopic (exact) mass is 383 g/mol. The van der Waals surface area contributed by atoms with Crippen LogP contribution in [0.2, 0.25) is 0 Å². The molecule has 2 aromatic carbocycles. The molecule has 0 fully saturated rings. The third-order valence-corrected chi connectivity index (χ3v) is 4.65. The first kappa shape index (κ1) is 16.9. The van der Waals surface area contributed by atoms with Crippen molar-refractivity contribution in [2.75, 3.05) is 7.11 Å². The molecule has 8 nitrogen and oxygen atoms in total. The number of ether oxygens (including phenoxy) is 1. The lowest BCUT2D eigenvalue weighted by atomic mass is 10.1. The van der Waals surface area contributed by atoms with E-state index in [0.29, 0.717) is 0 Å². The van der Waals surface area contributed by atoms with Crippen LogP contribution in [0.1, 0.15) is 0 Å². The zero-order valence-electron chi connectivity index (χ0n) is 15.6. The second kappa shape index (κ2) is 7.08. The van der Waals surface area contributed by atoms with E-state index in [0.717, 1.165) is 34.2 Å². The quantitative estimate of drug-likeness (QED) is 0.465. The van der Waals surface area contributed by atoms with E-state index in [9.17, 15) is 0 Å². The van der Waals surface area contributed by atoms with Gasteiger partial charge in [-0.25, -0.2) is 9.67 Å². The first-order chi connectivity index (χ1) is 14.3. The highest BCUT2D eigenvalue weighted by molar-refractivity contribution is 5.64. The Bertz CT molecular complexity index is 1240. The molecule has 29 heavy (non-hydrogen) atoms. The fourth-order valence-electron chi connectivity index (χ4n) is 3.28. The number of hydrogen-bond acceptors (Lipinski definition) is 5. The van der Waals surface area contributed by atoms with E-state index in [1.807, 2.05) is 68.7 Å². The number of methoxy groups -OCH3 is 1. The molecule has 0 aliphatic heterocycles. The smallest absolute Gasteiger partial charge is 0.144 e. The zero-order valence-corrected chi connectivity index (χ0v) is 15.6. The molecule has 142 valence electrons. The summed E-state index contributed by atoms with van der Waals surface area (Å²) < 4.78 is 11.3. The first-order valence-electron chi connectivity index (χ1n) is 9.01. The normalized spacial score (nSPS) is 10.9. The molecule has 0 saturated carbocycles. The molecule has 0 amide bonds. The van der Waals surface area contributed by atoms with Crippen LogP contribution in [0.25, 0.3) is 28.5 Å². The molecule has 0 atom stereocenters. The van der Waals surface area contributed by atoms with Gasteiger partial charge in [0.05, 0.1) is 24.2 Å². The van der Waals surface area contributed by atoms with Gasteiger partial charge in [0, 0.05) is 30.4 Å². The summed E-state index contributed by atoms with van der Waals surface area (Å²) in [5.74, 6) is 1.54. The Morgan fingerprint density at radius 2 is 1.76 bits per heavy atom. The third kappa shape index (κ3) is 3.06. The maximum atomic E-state index is 5.61. The van der Waals surface area contributed by atoms with Crippen LogP contribution in [0.15, 0.2) is 86.0 Å². The van der Waals surface area contributed by atoms with E-state index >= 15 is 0 Å². The predicted molar refractivity (Wildman–Crippen MR) is 108 cm³/mol. The van der Waals surface area contributed by atoms with Gasteiger partial charge in [0.1, 0.15) is 24.2 Å². The van der Waals surface area contributed by atoms with Crippen LogP contribution in [-0.2, 0) is 0 Å². The van der Waals surface area contributed by atoms with Gasteiger partial charge in [-0.15, -0.1) is 10.2 Å². The van der Waals surface area contributed by atoms with Gasteiger partial charge >= 0.3 is 0 Å². The average molecular weight is 383 g/mol. The zero-order chi connectivity index (χ0) is 19.6. The Morgan fingerprint density at radius 1 is 0.862 bits per heavy atom. The molecule has 0 unspecified atom stereocenters. The number of benzene rings is 2.